The number of rotatable bonds is 5. The molecule has 1 saturated heterocycles. The number of anilines is 1. The van der Waals surface area contributed by atoms with Gasteiger partial charge in [0.2, 0.25) is 0 Å². The lowest BCUT2D eigenvalue weighted by Crippen LogP contribution is -2.51. The van der Waals surface area contributed by atoms with Crippen LogP contribution in [0.1, 0.15) is 39.5 Å². The molecular formula is C27H31Cl2F2N3O2S. The smallest absolute Gasteiger partial charge is 0.321 e. The van der Waals surface area contributed by atoms with Crippen molar-refractivity contribution in [3.05, 3.63) is 82.4 Å². The van der Waals surface area contributed by atoms with Crippen LogP contribution in [0.15, 0.2) is 77.2 Å². The van der Waals surface area contributed by atoms with Crippen molar-refractivity contribution >= 4 is 45.9 Å². The third kappa shape index (κ3) is 7.87. The molecule has 0 spiro atoms. The number of urea groups is 1. The van der Waals surface area contributed by atoms with Crippen molar-refractivity contribution in [3.8, 4) is 0 Å². The molecule has 2 amide bonds. The van der Waals surface area contributed by atoms with Crippen LogP contribution in [0.2, 0.25) is 10.0 Å². The molecule has 2 aromatic rings. The number of carbonyl (C=O) groups is 1. The Morgan fingerprint density at radius 3 is 2.11 bits per heavy atom. The number of likely N-dealkylation sites (tertiary alicyclic amines) is 1. The molecule has 2 atom stereocenters. The number of allylic oxidation sites excluding steroid dienone is 3. The second-order valence-electron chi connectivity index (χ2n) is 8.44. The molecule has 4 rings (SSSR count). The fourth-order valence-corrected chi connectivity index (χ4v) is 6.05. The lowest BCUT2D eigenvalue weighted by molar-refractivity contribution is 0.151. The minimum absolute atomic E-state index is 0.0608. The zero-order valence-corrected chi connectivity index (χ0v) is 23.1. The summed E-state index contributed by atoms with van der Waals surface area (Å²) in [5.74, 6) is -0.934. The van der Waals surface area contributed by atoms with Gasteiger partial charge in [-0.15, -0.1) is 0 Å². The van der Waals surface area contributed by atoms with Gasteiger partial charge in [0, 0.05) is 41.3 Å². The Morgan fingerprint density at radius 1 is 0.946 bits per heavy atom. The molecule has 1 heterocycles. The van der Waals surface area contributed by atoms with E-state index in [1.54, 1.807) is 57.7 Å². The quantitative estimate of drug-likeness (QED) is 0.397. The predicted octanol–water partition coefficient (Wildman–Crippen LogP) is 7.91. The number of carbonyl (C=O) groups excluding carboxylic acids is 1. The summed E-state index contributed by atoms with van der Waals surface area (Å²) < 4.78 is 44.3. The Morgan fingerprint density at radius 2 is 1.51 bits per heavy atom. The second kappa shape index (κ2) is 14.0. The van der Waals surface area contributed by atoms with E-state index in [-0.39, 0.29) is 24.9 Å². The van der Waals surface area contributed by atoms with Gasteiger partial charge in [-0.3, -0.25) is 0 Å². The molecule has 1 aliphatic carbocycles. The highest BCUT2D eigenvalue weighted by molar-refractivity contribution is 7.82. The largest absolute Gasteiger partial charge is 0.324 e. The highest BCUT2D eigenvalue weighted by atomic mass is 35.5. The number of piperidine rings is 1. The zero-order valence-electron chi connectivity index (χ0n) is 20.8. The molecule has 10 heteroatoms. The highest BCUT2D eigenvalue weighted by Crippen LogP contribution is 2.32. The van der Waals surface area contributed by atoms with Gasteiger partial charge in [0.25, 0.3) is 0 Å². The van der Waals surface area contributed by atoms with E-state index in [1.807, 2.05) is 13.8 Å². The minimum atomic E-state index is -1.70. The maximum Gasteiger partial charge on any atom is 0.321 e. The maximum atomic E-state index is 15.1. The third-order valence-corrected chi connectivity index (χ3v) is 8.23. The van der Waals surface area contributed by atoms with E-state index in [0.29, 0.717) is 46.6 Å². The Kier molecular flexibility index (Phi) is 11.1. The van der Waals surface area contributed by atoms with E-state index in [1.165, 1.54) is 0 Å². The number of hydrogen-bond donors (Lipinski definition) is 1. The SMILES string of the molecule is CC.O=C(Nc1ccc(Cl)cc1)N1CCC(N(C2CCC(F)=CC=C2F)S(=O)c2ccc(Cl)cc2)CC1. The molecule has 5 nitrogen and oxygen atoms in total. The van der Waals surface area contributed by atoms with Crippen LogP contribution in [0.5, 0.6) is 0 Å². The van der Waals surface area contributed by atoms with Gasteiger partial charge in [-0.25, -0.2) is 22.1 Å². The molecule has 2 aliphatic rings. The maximum absolute atomic E-state index is 15.1. The van der Waals surface area contributed by atoms with E-state index in [4.69, 9.17) is 23.2 Å². The average Bonchev–Trinajstić information content (AvgIpc) is 3.08. The normalized spacial score (nSPS) is 19.2. The lowest BCUT2D eigenvalue weighted by Gasteiger charge is -2.40. The zero-order chi connectivity index (χ0) is 26.9. The van der Waals surface area contributed by atoms with Gasteiger partial charge in [0.05, 0.1) is 10.9 Å². The van der Waals surface area contributed by atoms with E-state index in [2.05, 4.69) is 5.32 Å². The molecule has 0 aromatic heterocycles. The van der Waals surface area contributed by atoms with Crippen LogP contribution in [0, 0.1) is 0 Å². The van der Waals surface area contributed by atoms with Crippen LogP contribution < -0.4 is 5.32 Å². The minimum Gasteiger partial charge on any atom is -0.324 e. The molecule has 2 unspecified atom stereocenters. The van der Waals surface area contributed by atoms with Crippen LogP contribution in [-0.4, -0.2) is 44.6 Å². The van der Waals surface area contributed by atoms with Gasteiger partial charge >= 0.3 is 6.03 Å². The lowest BCUT2D eigenvalue weighted by atomic mass is 10.0. The number of amides is 2. The standard InChI is InChI=1S/C25H25Cl2F2N3O2S.C2H6/c26-17-1-7-20(8-2-17)30-25(33)31-15-13-21(14-16-31)32(24-12-6-19(28)5-11-23(24)29)35(34)22-9-3-18(27)4-10-22;1-2/h1-5,7-11,21,24H,6,12-16H2,(H,30,33);1-2H3. The first-order chi connectivity index (χ1) is 17.8. The fourth-order valence-electron chi connectivity index (χ4n) is 4.26. The van der Waals surface area contributed by atoms with Crippen LogP contribution >= 0.6 is 23.2 Å². The first kappa shape index (κ1) is 29.3. The van der Waals surface area contributed by atoms with Crippen molar-refractivity contribution in [3.63, 3.8) is 0 Å². The summed E-state index contributed by atoms with van der Waals surface area (Å²) in [6, 6.07) is 12.1. The van der Waals surface area contributed by atoms with Gasteiger partial charge < -0.3 is 10.2 Å². The molecular weight excluding hydrogens is 539 g/mol. The van der Waals surface area contributed by atoms with Gasteiger partial charge in [0.15, 0.2) is 0 Å². The average molecular weight is 571 g/mol. The summed E-state index contributed by atoms with van der Waals surface area (Å²) >= 11 is 11.9. The van der Waals surface area contributed by atoms with Gasteiger partial charge in [-0.1, -0.05) is 37.0 Å². The number of halogens is 4. The molecule has 200 valence electrons. The molecule has 2 aromatic carbocycles. The fraction of sp³-hybridized carbons (Fsp3) is 0.370. The van der Waals surface area contributed by atoms with Crippen molar-refractivity contribution in [1.82, 2.24) is 9.21 Å². The van der Waals surface area contributed by atoms with Crippen molar-refractivity contribution in [2.45, 2.75) is 56.5 Å². The van der Waals surface area contributed by atoms with E-state index in [9.17, 15) is 13.4 Å². The molecule has 0 saturated carbocycles. The highest BCUT2D eigenvalue weighted by Gasteiger charge is 2.37. The first-order valence-electron chi connectivity index (χ1n) is 12.3. The van der Waals surface area contributed by atoms with E-state index in [0.717, 1.165) is 12.2 Å². The Balaban J connectivity index is 0.00000186. The summed E-state index contributed by atoms with van der Waals surface area (Å²) in [7, 11) is -1.70. The summed E-state index contributed by atoms with van der Waals surface area (Å²) in [6.07, 6.45) is 3.46. The molecule has 0 bridgehead atoms. The summed E-state index contributed by atoms with van der Waals surface area (Å²) in [5, 5.41) is 3.93. The van der Waals surface area contributed by atoms with Gasteiger partial charge in [-0.05, 0) is 79.9 Å². The van der Waals surface area contributed by atoms with Crippen molar-refractivity contribution in [2.75, 3.05) is 18.4 Å². The Hall–Kier alpha value is -2.26. The van der Waals surface area contributed by atoms with E-state index >= 15 is 4.39 Å². The number of nitrogens with one attached hydrogen (secondary N) is 1. The third-order valence-electron chi connectivity index (χ3n) is 6.12. The second-order valence-corrected chi connectivity index (χ2v) is 10.7. The summed E-state index contributed by atoms with van der Waals surface area (Å²) in [6.45, 7) is 4.81. The monoisotopic (exact) mass is 569 g/mol. The number of benzene rings is 2. The molecule has 0 radical (unpaired) electrons. The van der Waals surface area contributed by atoms with Gasteiger partial charge in [0.1, 0.15) is 22.6 Å². The van der Waals surface area contributed by atoms with Gasteiger partial charge in [-0.2, -0.15) is 0 Å². The molecule has 1 N–H and O–H groups in total. The first-order valence-corrected chi connectivity index (χ1v) is 14.2. The Labute approximate surface area is 229 Å². The van der Waals surface area contributed by atoms with Crippen LogP contribution in [0.25, 0.3) is 0 Å². The summed E-state index contributed by atoms with van der Waals surface area (Å²) in [5.41, 5.74) is 0.632. The van der Waals surface area contributed by atoms with Crippen molar-refractivity contribution < 1.29 is 17.8 Å². The van der Waals surface area contributed by atoms with Crippen molar-refractivity contribution in [1.29, 1.82) is 0 Å². The summed E-state index contributed by atoms with van der Waals surface area (Å²) in [4.78, 5) is 14.9. The van der Waals surface area contributed by atoms with Crippen LogP contribution in [0.3, 0.4) is 0 Å². The molecule has 1 aliphatic heterocycles. The molecule has 1 fully saturated rings. The Bertz CT molecular complexity index is 1140. The molecule has 37 heavy (non-hydrogen) atoms. The van der Waals surface area contributed by atoms with Crippen molar-refractivity contribution in [2.24, 2.45) is 0 Å². The topological polar surface area (TPSA) is 52.7 Å². The number of hydrogen-bond acceptors (Lipinski definition) is 2. The van der Waals surface area contributed by atoms with Crippen LogP contribution in [-0.2, 0) is 11.0 Å². The predicted molar refractivity (Wildman–Crippen MR) is 148 cm³/mol. The van der Waals surface area contributed by atoms with E-state index < -0.39 is 28.7 Å². The van der Waals surface area contributed by atoms with Crippen LogP contribution in [0.4, 0.5) is 19.3 Å². The number of nitrogens with zero attached hydrogens (tertiary/aromatic N) is 2.